The summed E-state index contributed by atoms with van der Waals surface area (Å²) < 4.78 is 16.2. The molecule has 1 aliphatic heterocycles. The molecule has 1 N–H and O–H groups in total. The van der Waals surface area contributed by atoms with Crippen LogP contribution in [0, 0.1) is 0 Å². The molecule has 0 unspecified atom stereocenters. The lowest BCUT2D eigenvalue weighted by molar-refractivity contribution is -0.144. The van der Waals surface area contributed by atoms with Crippen molar-refractivity contribution in [1.82, 2.24) is 10.2 Å². The number of carbonyl (C=O) groups is 3. The zero-order valence-electron chi connectivity index (χ0n) is 15.9. The van der Waals surface area contributed by atoms with Gasteiger partial charge in [0.15, 0.2) is 0 Å². The molecule has 148 valence electrons. The van der Waals surface area contributed by atoms with Crippen LogP contribution in [-0.4, -0.2) is 69.1 Å². The second-order valence-electron chi connectivity index (χ2n) is 6.28. The van der Waals surface area contributed by atoms with Crippen LogP contribution in [0.3, 0.4) is 0 Å². The van der Waals surface area contributed by atoms with Crippen molar-refractivity contribution < 1.29 is 28.6 Å². The highest BCUT2D eigenvalue weighted by molar-refractivity contribution is 6.35. The minimum atomic E-state index is -0.465. The van der Waals surface area contributed by atoms with Gasteiger partial charge in [0.05, 0.1) is 19.3 Å². The van der Waals surface area contributed by atoms with Gasteiger partial charge in [-0.15, -0.1) is 0 Å². The summed E-state index contributed by atoms with van der Waals surface area (Å²) in [4.78, 5) is 36.9. The number of hydrogen-bond donors (Lipinski definition) is 1. The summed E-state index contributed by atoms with van der Waals surface area (Å²) in [5, 5.41) is 2.77. The molecule has 0 atom stereocenters. The second-order valence-corrected chi connectivity index (χ2v) is 6.28. The third-order valence-electron chi connectivity index (χ3n) is 4.35. The number of rotatable bonds is 8. The molecule has 0 spiro atoms. The van der Waals surface area contributed by atoms with Gasteiger partial charge in [-0.1, -0.05) is 0 Å². The van der Waals surface area contributed by atoms with Crippen molar-refractivity contribution in [3.05, 3.63) is 23.8 Å². The fourth-order valence-electron chi connectivity index (χ4n) is 2.86. The van der Waals surface area contributed by atoms with Gasteiger partial charge >= 0.3 is 0 Å². The highest BCUT2D eigenvalue weighted by Gasteiger charge is 2.27. The van der Waals surface area contributed by atoms with Crippen LogP contribution in [0.2, 0.25) is 0 Å². The van der Waals surface area contributed by atoms with Crippen LogP contribution in [0.1, 0.15) is 30.1 Å². The Morgan fingerprint density at radius 1 is 1.19 bits per heavy atom. The van der Waals surface area contributed by atoms with Gasteiger partial charge in [0, 0.05) is 52.6 Å². The van der Waals surface area contributed by atoms with E-state index in [0.29, 0.717) is 56.1 Å². The number of methoxy groups -OCH3 is 2. The first-order valence-electron chi connectivity index (χ1n) is 8.88. The van der Waals surface area contributed by atoms with Crippen molar-refractivity contribution in [2.24, 2.45) is 0 Å². The van der Waals surface area contributed by atoms with Gasteiger partial charge < -0.3 is 24.4 Å². The van der Waals surface area contributed by atoms with E-state index in [1.165, 1.54) is 11.8 Å². The minimum absolute atomic E-state index is 0.154. The molecule has 0 bridgehead atoms. The normalized spacial score (nSPS) is 14.6. The summed E-state index contributed by atoms with van der Waals surface area (Å²) in [6.07, 6.45) is 1.01. The summed E-state index contributed by atoms with van der Waals surface area (Å²) >= 11 is 0. The monoisotopic (exact) mass is 378 g/mol. The lowest BCUT2D eigenvalue weighted by Crippen LogP contribution is -2.44. The molecule has 1 aromatic carbocycles. The van der Waals surface area contributed by atoms with Crippen LogP contribution in [0.15, 0.2) is 18.2 Å². The van der Waals surface area contributed by atoms with E-state index in [4.69, 9.17) is 14.2 Å². The van der Waals surface area contributed by atoms with Gasteiger partial charge in [-0.25, -0.2) is 0 Å². The van der Waals surface area contributed by atoms with E-state index in [1.54, 1.807) is 32.4 Å². The molecule has 1 aromatic rings. The summed E-state index contributed by atoms with van der Waals surface area (Å²) in [6.45, 7) is 2.98. The largest absolute Gasteiger partial charge is 0.497 e. The molecule has 27 heavy (non-hydrogen) atoms. The number of carbonyl (C=O) groups excluding carboxylic acids is 3. The summed E-state index contributed by atoms with van der Waals surface area (Å²) in [6, 6.07) is 5.04. The maximum Gasteiger partial charge on any atom is 0.289 e. The van der Waals surface area contributed by atoms with Crippen LogP contribution in [0.25, 0.3) is 0 Å². The van der Waals surface area contributed by atoms with Crippen molar-refractivity contribution in [3.8, 4) is 11.5 Å². The molecular weight excluding hydrogens is 352 g/mol. The molecule has 0 aliphatic carbocycles. The molecule has 2 rings (SSSR count). The first-order chi connectivity index (χ1) is 13.0. The third kappa shape index (κ3) is 5.68. The van der Waals surface area contributed by atoms with Gasteiger partial charge in [-0.3, -0.25) is 14.4 Å². The Bertz CT molecular complexity index is 683. The van der Waals surface area contributed by atoms with Crippen molar-refractivity contribution in [1.29, 1.82) is 0 Å². The molecule has 1 fully saturated rings. The molecular formula is C19H26N2O6. The molecule has 1 saturated heterocycles. The van der Waals surface area contributed by atoms with Crippen molar-refractivity contribution >= 4 is 17.6 Å². The number of nitrogens with one attached hydrogen (secondary N) is 1. The maximum absolute atomic E-state index is 12.4. The number of likely N-dealkylation sites (tertiary alicyclic amines) is 1. The number of amides is 2. The van der Waals surface area contributed by atoms with Crippen molar-refractivity contribution in [2.75, 3.05) is 40.5 Å². The second kappa shape index (κ2) is 9.91. The Labute approximate surface area is 158 Å². The van der Waals surface area contributed by atoms with Crippen LogP contribution >= 0.6 is 0 Å². The van der Waals surface area contributed by atoms with E-state index >= 15 is 0 Å². The van der Waals surface area contributed by atoms with E-state index < -0.39 is 11.7 Å². The van der Waals surface area contributed by atoms with Crippen LogP contribution in [-0.2, 0) is 14.3 Å². The number of ether oxygens (including phenoxy) is 3. The molecule has 1 heterocycles. The highest BCUT2D eigenvalue weighted by Crippen LogP contribution is 2.28. The van der Waals surface area contributed by atoms with Crippen LogP contribution in [0.4, 0.5) is 0 Å². The zero-order chi connectivity index (χ0) is 19.8. The number of hydrogen-bond acceptors (Lipinski definition) is 6. The van der Waals surface area contributed by atoms with Crippen molar-refractivity contribution in [2.45, 2.75) is 25.9 Å². The average Bonchev–Trinajstić information content (AvgIpc) is 2.68. The first kappa shape index (κ1) is 20.7. The number of ketones is 1. The Balaban J connectivity index is 2.05. The van der Waals surface area contributed by atoms with Gasteiger partial charge in [0.1, 0.15) is 17.6 Å². The van der Waals surface area contributed by atoms with Gasteiger partial charge in [-0.05, 0) is 12.1 Å². The SMILES string of the molecule is COCCNC(=O)c1ccc(OC)cc1OC1CCN(C(=O)C(C)=O)CC1. The molecule has 0 saturated carbocycles. The molecule has 0 aromatic heterocycles. The number of benzene rings is 1. The Hall–Kier alpha value is -2.61. The summed E-state index contributed by atoms with van der Waals surface area (Å²) in [5.41, 5.74) is 0.411. The van der Waals surface area contributed by atoms with Crippen LogP contribution < -0.4 is 14.8 Å². The third-order valence-corrected chi connectivity index (χ3v) is 4.35. The predicted octanol–water partition coefficient (Wildman–Crippen LogP) is 1.03. The molecule has 8 nitrogen and oxygen atoms in total. The van der Waals surface area contributed by atoms with E-state index in [-0.39, 0.29) is 12.0 Å². The molecule has 2 amide bonds. The standard InChI is InChI=1S/C19H26N2O6/c1-13(22)19(24)21-9-6-14(7-10-21)27-17-12-15(26-3)4-5-16(17)18(23)20-8-11-25-2/h4-5,12,14H,6-11H2,1-3H3,(H,20,23). The minimum Gasteiger partial charge on any atom is -0.497 e. The first-order valence-corrected chi connectivity index (χ1v) is 8.88. The summed E-state index contributed by atoms with van der Waals surface area (Å²) in [5.74, 6) is -0.164. The topological polar surface area (TPSA) is 94.2 Å². The van der Waals surface area contributed by atoms with Gasteiger partial charge in [0.25, 0.3) is 11.8 Å². The fraction of sp³-hybridized carbons (Fsp3) is 0.526. The smallest absolute Gasteiger partial charge is 0.289 e. The Morgan fingerprint density at radius 3 is 2.48 bits per heavy atom. The van der Waals surface area contributed by atoms with E-state index in [2.05, 4.69) is 5.32 Å². The van der Waals surface area contributed by atoms with Crippen molar-refractivity contribution in [3.63, 3.8) is 0 Å². The quantitative estimate of drug-likeness (QED) is 0.536. The Morgan fingerprint density at radius 2 is 1.89 bits per heavy atom. The lowest BCUT2D eigenvalue weighted by Gasteiger charge is -2.32. The fourth-order valence-corrected chi connectivity index (χ4v) is 2.86. The lowest BCUT2D eigenvalue weighted by atomic mass is 10.1. The zero-order valence-corrected chi connectivity index (χ0v) is 15.9. The molecule has 0 radical (unpaired) electrons. The van der Waals surface area contributed by atoms with Gasteiger partial charge in [0.2, 0.25) is 5.78 Å². The van der Waals surface area contributed by atoms with Crippen LogP contribution in [0.5, 0.6) is 11.5 Å². The highest BCUT2D eigenvalue weighted by atomic mass is 16.5. The maximum atomic E-state index is 12.4. The molecule has 8 heteroatoms. The number of nitrogens with zero attached hydrogens (tertiary/aromatic N) is 1. The molecule has 1 aliphatic rings. The van der Waals surface area contributed by atoms with E-state index in [0.717, 1.165) is 0 Å². The average molecular weight is 378 g/mol. The van der Waals surface area contributed by atoms with E-state index in [9.17, 15) is 14.4 Å². The predicted molar refractivity (Wildman–Crippen MR) is 98.1 cm³/mol. The van der Waals surface area contributed by atoms with E-state index in [1.807, 2.05) is 0 Å². The Kier molecular flexibility index (Phi) is 7.60. The number of piperidine rings is 1. The number of Topliss-reactive ketones (excluding diaryl/α,β-unsaturated/α-hetero) is 1. The summed E-state index contributed by atoms with van der Waals surface area (Å²) in [7, 11) is 3.11. The van der Waals surface area contributed by atoms with Gasteiger partial charge in [-0.2, -0.15) is 0 Å².